The maximum atomic E-state index is 9.20. The highest BCUT2D eigenvalue weighted by Gasteiger charge is 2.16. The fourth-order valence-corrected chi connectivity index (χ4v) is 2.72. The van der Waals surface area contributed by atoms with E-state index in [4.69, 9.17) is 0 Å². The molecule has 0 heterocycles. The number of hydrogen-bond acceptors (Lipinski definition) is 3. The van der Waals surface area contributed by atoms with Crippen LogP contribution in [-0.2, 0) is 0 Å². The predicted molar refractivity (Wildman–Crippen MR) is 90.6 cm³/mol. The van der Waals surface area contributed by atoms with Crippen molar-refractivity contribution in [3.63, 3.8) is 0 Å². The quantitative estimate of drug-likeness (QED) is 0.695. The molecule has 0 aliphatic heterocycles. The normalized spacial score (nSPS) is 13.1. The maximum Gasteiger partial charge on any atom is 0.0558 e. The van der Waals surface area contributed by atoms with Crippen molar-refractivity contribution < 1.29 is 5.11 Å². The largest absolute Gasteiger partial charge is 0.395 e. The minimum atomic E-state index is 0.232. The van der Waals surface area contributed by atoms with Crippen molar-refractivity contribution in [1.82, 2.24) is 10.2 Å². The molecule has 120 valence electrons. The van der Waals surface area contributed by atoms with Gasteiger partial charge in [0.15, 0.2) is 0 Å². The highest BCUT2D eigenvalue weighted by Crippen LogP contribution is 2.21. The Labute approximate surface area is 130 Å². The van der Waals surface area contributed by atoms with Crippen LogP contribution in [0.4, 0.5) is 0 Å². The summed E-state index contributed by atoms with van der Waals surface area (Å²) in [5.74, 6) is 0. The standard InChI is InChI=1S/C18H32N2O/c1-5-11-19-18(17-9-7-6-8-16(17)4)10-12-20(13-14-21)15(2)3/h6-9,15,18-19,21H,5,10-14H2,1-4H3. The van der Waals surface area contributed by atoms with E-state index in [0.717, 1.165) is 32.5 Å². The molecule has 0 spiro atoms. The van der Waals surface area contributed by atoms with Crippen molar-refractivity contribution in [3.8, 4) is 0 Å². The van der Waals surface area contributed by atoms with Crippen molar-refractivity contribution in [2.24, 2.45) is 0 Å². The van der Waals surface area contributed by atoms with E-state index in [1.54, 1.807) is 0 Å². The van der Waals surface area contributed by atoms with E-state index in [2.05, 4.69) is 62.2 Å². The van der Waals surface area contributed by atoms with E-state index in [1.165, 1.54) is 11.1 Å². The molecule has 1 atom stereocenters. The second-order valence-corrected chi connectivity index (χ2v) is 6.01. The first-order valence-corrected chi connectivity index (χ1v) is 8.24. The summed E-state index contributed by atoms with van der Waals surface area (Å²) in [5, 5.41) is 12.9. The van der Waals surface area contributed by atoms with Crippen LogP contribution in [0.3, 0.4) is 0 Å². The Morgan fingerprint density at radius 3 is 2.48 bits per heavy atom. The Bertz CT molecular complexity index is 393. The molecule has 0 bridgehead atoms. The average Bonchev–Trinajstić information content (AvgIpc) is 2.47. The zero-order valence-corrected chi connectivity index (χ0v) is 14.1. The number of hydrogen-bond donors (Lipinski definition) is 2. The molecule has 3 nitrogen and oxygen atoms in total. The molecule has 1 rings (SSSR count). The van der Waals surface area contributed by atoms with Crippen molar-refractivity contribution in [3.05, 3.63) is 35.4 Å². The first kappa shape index (κ1) is 18.1. The van der Waals surface area contributed by atoms with Gasteiger partial charge in [0.05, 0.1) is 6.61 Å². The number of nitrogens with one attached hydrogen (secondary N) is 1. The Morgan fingerprint density at radius 2 is 1.90 bits per heavy atom. The molecule has 0 aromatic heterocycles. The predicted octanol–water partition coefficient (Wildman–Crippen LogP) is 3.13. The number of aryl methyl sites for hydroxylation is 1. The van der Waals surface area contributed by atoms with Crippen molar-refractivity contribution in [2.75, 3.05) is 26.2 Å². The Balaban J connectivity index is 2.72. The van der Waals surface area contributed by atoms with Crippen molar-refractivity contribution in [2.45, 2.75) is 52.6 Å². The molecular weight excluding hydrogens is 260 g/mol. The summed E-state index contributed by atoms with van der Waals surface area (Å²) >= 11 is 0. The lowest BCUT2D eigenvalue weighted by atomic mass is 9.98. The summed E-state index contributed by atoms with van der Waals surface area (Å²) in [6, 6.07) is 9.50. The van der Waals surface area contributed by atoms with Gasteiger partial charge < -0.3 is 10.4 Å². The molecule has 0 saturated carbocycles. The van der Waals surface area contributed by atoms with Crippen LogP contribution >= 0.6 is 0 Å². The van der Waals surface area contributed by atoms with Gasteiger partial charge in [-0.2, -0.15) is 0 Å². The molecule has 1 aromatic rings. The molecule has 1 aromatic carbocycles. The number of nitrogens with zero attached hydrogens (tertiary/aromatic N) is 1. The molecule has 0 amide bonds. The third kappa shape index (κ3) is 6.16. The minimum Gasteiger partial charge on any atom is -0.395 e. The van der Waals surface area contributed by atoms with Crippen LogP contribution in [0.5, 0.6) is 0 Å². The summed E-state index contributed by atoms with van der Waals surface area (Å²) < 4.78 is 0. The van der Waals surface area contributed by atoms with Crippen LogP contribution < -0.4 is 5.32 Å². The van der Waals surface area contributed by atoms with Crippen LogP contribution in [0.25, 0.3) is 0 Å². The van der Waals surface area contributed by atoms with E-state index in [1.807, 2.05) is 0 Å². The van der Waals surface area contributed by atoms with Gasteiger partial charge >= 0.3 is 0 Å². The van der Waals surface area contributed by atoms with Gasteiger partial charge in [0.1, 0.15) is 0 Å². The van der Waals surface area contributed by atoms with E-state index in [9.17, 15) is 5.11 Å². The SMILES string of the molecule is CCCNC(CCN(CCO)C(C)C)c1ccccc1C. The van der Waals surface area contributed by atoms with E-state index in [-0.39, 0.29) is 6.61 Å². The van der Waals surface area contributed by atoms with Crippen LogP contribution in [-0.4, -0.2) is 42.3 Å². The highest BCUT2D eigenvalue weighted by atomic mass is 16.3. The summed E-state index contributed by atoms with van der Waals surface area (Å²) in [4.78, 5) is 2.35. The first-order chi connectivity index (χ1) is 10.1. The zero-order chi connectivity index (χ0) is 15.7. The fraction of sp³-hybridized carbons (Fsp3) is 0.667. The number of aliphatic hydroxyl groups is 1. The van der Waals surface area contributed by atoms with Gasteiger partial charge in [-0.3, -0.25) is 4.90 Å². The van der Waals surface area contributed by atoms with Gasteiger partial charge in [0, 0.05) is 25.2 Å². The average molecular weight is 292 g/mol. The first-order valence-electron chi connectivity index (χ1n) is 8.24. The van der Waals surface area contributed by atoms with Crippen LogP contribution in [0.15, 0.2) is 24.3 Å². The molecule has 21 heavy (non-hydrogen) atoms. The van der Waals surface area contributed by atoms with Gasteiger partial charge in [0.25, 0.3) is 0 Å². The zero-order valence-electron chi connectivity index (χ0n) is 14.1. The van der Waals surface area contributed by atoms with Gasteiger partial charge in [0.2, 0.25) is 0 Å². The fourth-order valence-electron chi connectivity index (χ4n) is 2.72. The molecule has 0 aliphatic rings. The summed E-state index contributed by atoms with van der Waals surface area (Å²) in [6.07, 6.45) is 2.22. The second kappa shape index (κ2) is 9.93. The third-order valence-electron chi connectivity index (χ3n) is 4.03. The molecule has 0 saturated heterocycles. The summed E-state index contributed by atoms with van der Waals surface area (Å²) in [7, 11) is 0. The molecule has 0 radical (unpaired) electrons. The van der Waals surface area contributed by atoms with Crippen LogP contribution in [0.2, 0.25) is 0 Å². The molecular formula is C18H32N2O. The van der Waals surface area contributed by atoms with Gasteiger partial charge in [-0.1, -0.05) is 31.2 Å². The van der Waals surface area contributed by atoms with Gasteiger partial charge in [-0.05, 0) is 51.3 Å². The summed E-state index contributed by atoms with van der Waals surface area (Å²) in [5.41, 5.74) is 2.75. The van der Waals surface area contributed by atoms with Crippen LogP contribution in [0, 0.1) is 6.92 Å². The maximum absolute atomic E-state index is 9.20. The summed E-state index contributed by atoms with van der Waals surface area (Å²) in [6.45, 7) is 11.8. The van der Waals surface area contributed by atoms with E-state index < -0.39 is 0 Å². The Kier molecular flexibility index (Phi) is 8.58. The Morgan fingerprint density at radius 1 is 1.19 bits per heavy atom. The molecule has 2 N–H and O–H groups in total. The van der Waals surface area contributed by atoms with Gasteiger partial charge in [-0.25, -0.2) is 0 Å². The Hall–Kier alpha value is -0.900. The smallest absolute Gasteiger partial charge is 0.0558 e. The highest BCUT2D eigenvalue weighted by molar-refractivity contribution is 5.28. The minimum absolute atomic E-state index is 0.232. The monoisotopic (exact) mass is 292 g/mol. The van der Waals surface area contributed by atoms with Gasteiger partial charge in [-0.15, -0.1) is 0 Å². The molecule has 3 heteroatoms. The molecule has 0 aliphatic carbocycles. The molecule has 1 unspecified atom stereocenters. The third-order valence-corrected chi connectivity index (χ3v) is 4.03. The molecule has 0 fully saturated rings. The number of rotatable bonds is 10. The van der Waals surface area contributed by atoms with E-state index in [0.29, 0.717) is 12.1 Å². The number of aliphatic hydroxyl groups excluding tert-OH is 1. The lowest BCUT2D eigenvalue weighted by molar-refractivity contribution is 0.159. The van der Waals surface area contributed by atoms with E-state index >= 15 is 0 Å². The van der Waals surface area contributed by atoms with Crippen LogP contribution in [0.1, 0.15) is 50.8 Å². The van der Waals surface area contributed by atoms with Crippen molar-refractivity contribution in [1.29, 1.82) is 0 Å². The topological polar surface area (TPSA) is 35.5 Å². The second-order valence-electron chi connectivity index (χ2n) is 6.01. The number of benzene rings is 1. The lowest BCUT2D eigenvalue weighted by Gasteiger charge is -2.29. The van der Waals surface area contributed by atoms with Crippen molar-refractivity contribution >= 4 is 0 Å². The lowest BCUT2D eigenvalue weighted by Crippen LogP contribution is -2.36.